The molecular formula is C15H13ClN2O2. The molecule has 0 aliphatic rings. The Kier molecular flexibility index (Phi) is 4.50. The van der Waals surface area contributed by atoms with E-state index in [0.29, 0.717) is 21.8 Å². The third-order valence-electron chi connectivity index (χ3n) is 2.74. The number of ketones is 1. The number of rotatable bonds is 4. The molecule has 20 heavy (non-hydrogen) atoms. The van der Waals surface area contributed by atoms with Gasteiger partial charge in [0.05, 0.1) is 12.2 Å². The highest BCUT2D eigenvalue weighted by Gasteiger charge is 2.14. The van der Waals surface area contributed by atoms with Gasteiger partial charge in [0.25, 0.3) is 0 Å². The molecule has 0 heterocycles. The Balaban J connectivity index is 2.34. The molecule has 0 unspecified atom stereocenters. The van der Waals surface area contributed by atoms with Crippen LogP contribution in [-0.4, -0.2) is 18.2 Å². The standard InChI is InChI=1S/C15H13ClN2O2/c16-11-7-5-10(6-8-11)15(20)12-3-1-2-4-13(12)18-14(19)9-17/h1-8H,9,17H2,(H,18,19). The number of nitrogens with two attached hydrogens (primary N) is 1. The molecule has 0 fully saturated rings. The summed E-state index contributed by atoms with van der Waals surface area (Å²) in [5.74, 6) is -0.532. The lowest BCUT2D eigenvalue weighted by molar-refractivity contribution is -0.114. The molecule has 102 valence electrons. The van der Waals surface area contributed by atoms with Gasteiger partial charge in [0.15, 0.2) is 5.78 Å². The van der Waals surface area contributed by atoms with E-state index in [4.69, 9.17) is 17.3 Å². The summed E-state index contributed by atoms with van der Waals surface area (Å²) in [6, 6.07) is 13.4. The van der Waals surface area contributed by atoms with Crippen LogP contribution in [0.1, 0.15) is 15.9 Å². The zero-order chi connectivity index (χ0) is 14.5. The van der Waals surface area contributed by atoms with Gasteiger partial charge in [-0.3, -0.25) is 9.59 Å². The van der Waals surface area contributed by atoms with E-state index in [9.17, 15) is 9.59 Å². The van der Waals surface area contributed by atoms with E-state index in [1.807, 2.05) is 0 Å². The van der Waals surface area contributed by atoms with E-state index in [1.165, 1.54) is 0 Å². The van der Waals surface area contributed by atoms with E-state index in [1.54, 1.807) is 48.5 Å². The molecule has 2 rings (SSSR count). The van der Waals surface area contributed by atoms with Crippen LogP contribution in [-0.2, 0) is 4.79 Å². The number of nitrogens with one attached hydrogen (secondary N) is 1. The van der Waals surface area contributed by atoms with Crippen LogP contribution in [0.2, 0.25) is 5.02 Å². The highest BCUT2D eigenvalue weighted by atomic mass is 35.5. The van der Waals surface area contributed by atoms with Crippen molar-refractivity contribution in [1.82, 2.24) is 0 Å². The first-order valence-corrected chi connectivity index (χ1v) is 6.39. The monoisotopic (exact) mass is 288 g/mol. The quantitative estimate of drug-likeness (QED) is 0.849. The third-order valence-corrected chi connectivity index (χ3v) is 2.99. The zero-order valence-corrected chi connectivity index (χ0v) is 11.4. The van der Waals surface area contributed by atoms with Gasteiger partial charge in [-0.1, -0.05) is 23.7 Å². The first-order chi connectivity index (χ1) is 9.61. The Morgan fingerprint density at radius 3 is 2.35 bits per heavy atom. The molecule has 0 bridgehead atoms. The molecule has 0 aromatic heterocycles. The van der Waals surface area contributed by atoms with E-state index in [2.05, 4.69) is 5.32 Å². The number of hydrogen-bond acceptors (Lipinski definition) is 3. The summed E-state index contributed by atoms with van der Waals surface area (Å²) in [5, 5.41) is 3.17. The summed E-state index contributed by atoms with van der Waals surface area (Å²) in [5.41, 5.74) is 6.63. The van der Waals surface area contributed by atoms with Crippen LogP contribution < -0.4 is 11.1 Å². The average Bonchev–Trinajstić information content (AvgIpc) is 2.48. The van der Waals surface area contributed by atoms with Crippen molar-refractivity contribution in [2.24, 2.45) is 5.73 Å². The van der Waals surface area contributed by atoms with Gasteiger partial charge >= 0.3 is 0 Å². The van der Waals surface area contributed by atoms with Crippen LogP contribution in [0.15, 0.2) is 48.5 Å². The summed E-state index contributed by atoms with van der Waals surface area (Å²) in [6.07, 6.45) is 0. The molecule has 2 aromatic carbocycles. The normalized spacial score (nSPS) is 10.1. The van der Waals surface area contributed by atoms with E-state index in [0.717, 1.165) is 0 Å². The molecular weight excluding hydrogens is 276 g/mol. The molecule has 0 atom stereocenters. The number of halogens is 1. The summed E-state index contributed by atoms with van der Waals surface area (Å²) >= 11 is 5.80. The first-order valence-electron chi connectivity index (χ1n) is 6.01. The lowest BCUT2D eigenvalue weighted by atomic mass is 10.0. The second-order valence-corrected chi connectivity index (χ2v) is 4.57. The third kappa shape index (κ3) is 3.23. The second-order valence-electron chi connectivity index (χ2n) is 4.13. The van der Waals surface area contributed by atoms with Crippen molar-refractivity contribution in [3.05, 3.63) is 64.7 Å². The van der Waals surface area contributed by atoms with Gasteiger partial charge in [-0.05, 0) is 36.4 Å². The Labute approximate surface area is 121 Å². The fraction of sp³-hybridized carbons (Fsp3) is 0.0667. The predicted molar refractivity (Wildman–Crippen MR) is 79.0 cm³/mol. The maximum atomic E-state index is 12.4. The molecule has 0 aliphatic carbocycles. The summed E-state index contributed by atoms with van der Waals surface area (Å²) in [7, 11) is 0. The predicted octanol–water partition coefficient (Wildman–Crippen LogP) is 2.47. The van der Waals surface area contributed by atoms with Crippen LogP contribution in [0.3, 0.4) is 0 Å². The number of hydrogen-bond donors (Lipinski definition) is 2. The summed E-state index contributed by atoms with van der Waals surface area (Å²) < 4.78 is 0. The molecule has 4 nitrogen and oxygen atoms in total. The highest BCUT2D eigenvalue weighted by Crippen LogP contribution is 2.20. The average molecular weight is 289 g/mol. The van der Waals surface area contributed by atoms with E-state index in [-0.39, 0.29) is 18.2 Å². The molecule has 0 spiro atoms. The first kappa shape index (κ1) is 14.2. The maximum Gasteiger partial charge on any atom is 0.238 e. The van der Waals surface area contributed by atoms with Crippen molar-refractivity contribution in [3.8, 4) is 0 Å². The Bertz CT molecular complexity index is 639. The van der Waals surface area contributed by atoms with Crippen LogP contribution in [0.25, 0.3) is 0 Å². The smallest absolute Gasteiger partial charge is 0.238 e. The number of benzene rings is 2. The van der Waals surface area contributed by atoms with E-state index >= 15 is 0 Å². The van der Waals surface area contributed by atoms with Crippen LogP contribution in [0, 0.1) is 0 Å². The highest BCUT2D eigenvalue weighted by molar-refractivity contribution is 6.30. The van der Waals surface area contributed by atoms with Gasteiger partial charge in [-0.15, -0.1) is 0 Å². The zero-order valence-electron chi connectivity index (χ0n) is 10.6. The maximum absolute atomic E-state index is 12.4. The largest absolute Gasteiger partial charge is 0.324 e. The molecule has 0 radical (unpaired) electrons. The van der Waals surface area contributed by atoms with Gasteiger partial charge < -0.3 is 11.1 Å². The number of para-hydroxylation sites is 1. The number of carbonyl (C=O) groups is 2. The van der Waals surface area contributed by atoms with Crippen LogP contribution in [0.5, 0.6) is 0 Å². The minimum absolute atomic E-state index is 0.135. The van der Waals surface area contributed by atoms with E-state index < -0.39 is 0 Å². The summed E-state index contributed by atoms with van der Waals surface area (Å²) in [6.45, 7) is -0.135. The van der Waals surface area contributed by atoms with Crippen LogP contribution >= 0.6 is 11.6 Å². The lowest BCUT2D eigenvalue weighted by Crippen LogP contribution is -2.23. The van der Waals surface area contributed by atoms with Gasteiger partial charge in [0, 0.05) is 16.1 Å². The Morgan fingerprint density at radius 1 is 1.05 bits per heavy atom. The molecule has 0 saturated heterocycles. The molecule has 1 amide bonds. The lowest BCUT2D eigenvalue weighted by Gasteiger charge is -2.09. The number of anilines is 1. The SMILES string of the molecule is NCC(=O)Nc1ccccc1C(=O)c1ccc(Cl)cc1. The fourth-order valence-corrected chi connectivity index (χ4v) is 1.87. The van der Waals surface area contributed by atoms with Crippen molar-refractivity contribution in [2.45, 2.75) is 0 Å². The summed E-state index contributed by atoms with van der Waals surface area (Å²) in [4.78, 5) is 23.8. The molecule has 5 heteroatoms. The number of amides is 1. The van der Waals surface area contributed by atoms with Crippen molar-refractivity contribution in [3.63, 3.8) is 0 Å². The topological polar surface area (TPSA) is 72.2 Å². The fourth-order valence-electron chi connectivity index (χ4n) is 1.75. The Morgan fingerprint density at radius 2 is 1.70 bits per heavy atom. The van der Waals surface area contributed by atoms with Crippen molar-refractivity contribution >= 4 is 29.0 Å². The van der Waals surface area contributed by atoms with Crippen molar-refractivity contribution in [2.75, 3.05) is 11.9 Å². The minimum atomic E-state index is -0.346. The molecule has 0 aliphatic heterocycles. The van der Waals surface area contributed by atoms with Gasteiger partial charge in [0.2, 0.25) is 5.91 Å². The van der Waals surface area contributed by atoms with Gasteiger partial charge in [-0.2, -0.15) is 0 Å². The Hall–Kier alpha value is -2.17. The second kappa shape index (κ2) is 6.32. The molecule has 3 N–H and O–H groups in total. The van der Waals surface area contributed by atoms with Gasteiger partial charge in [0.1, 0.15) is 0 Å². The van der Waals surface area contributed by atoms with Crippen molar-refractivity contribution < 1.29 is 9.59 Å². The number of carbonyl (C=O) groups excluding carboxylic acids is 2. The molecule has 0 saturated carbocycles. The van der Waals surface area contributed by atoms with Crippen LogP contribution in [0.4, 0.5) is 5.69 Å². The minimum Gasteiger partial charge on any atom is -0.324 e. The van der Waals surface area contributed by atoms with Gasteiger partial charge in [-0.25, -0.2) is 0 Å². The molecule has 2 aromatic rings. The van der Waals surface area contributed by atoms with Crippen molar-refractivity contribution in [1.29, 1.82) is 0 Å².